The number of pyridine rings is 1. The molecule has 2 nitrogen and oxygen atoms in total. The number of rotatable bonds is 6. The maximum atomic E-state index is 4.91. The minimum Gasteiger partial charge on any atom is -0.309 e. The highest BCUT2D eigenvalue weighted by Crippen LogP contribution is 2.37. The molecule has 2 aromatic rings. The number of para-hydroxylation sites is 1. The molecule has 0 radical (unpaired) electrons. The number of benzene rings is 1. The number of hydrogen-bond acceptors (Lipinski definition) is 2. The summed E-state index contributed by atoms with van der Waals surface area (Å²) in [5.41, 5.74) is 3.69. The quantitative estimate of drug-likeness (QED) is 0.840. The molecule has 0 amide bonds. The van der Waals surface area contributed by atoms with Gasteiger partial charge in [-0.15, -0.1) is 0 Å². The van der Waals surface area contributed by atoms with Gasteiger partial charge in [-0.1, -0.05) is 38.0 Å². The Morgan fingerprint density at radius 1 is 1.30 bits per heavy atom. The van der Waals surface area contributed by atoms with E-state index in [-0.39, 0.29) is 0 Å². The lowest BCUT2D eigenvalue weighted by Gasteiger charge is -2.19. The summed E-state index contributed by atoms with van der Waals surface area (Å²) in [7, 11) is 0. The Morgan fingerprint density at radius 3 is 2.85 bits per heavy atom. The van der Waals surface area contributed by atoms with Crippen LogP contribution in [0.3, 0.4) is 0 Å². The molecule has 1 aromatic heterocycles. The zero-order valence-corrected chi connectivity index (χ0v) is 12.5. The lowest BCUT2D eigenvalue weighted by molar-refractivity contribution is 0.465. The van der Waals surface area contributed by atoms with E-state index in [2.05, 4.69) is 49.5 Å². The van der Waals surface area contributed by atoms with Crippen LogP contribution in [0.15, 0.2) is 30.3 Å². The molecular weight excluding hydrogens is 244 g/mol. The van der Waals surface area contributed by atoms with Crippen LogP contribution in [-0.2, 0) is 0 Å². The van der Waals surface area contributed by atoms with Crippen LogP contribution in [-0.4, -0.2) is 11.5 Å². The number of fused-ring (bicyclic) bond motifs is 1. The van der Waals surface area contributed by atoms with E-state index in [0.29, 0.717) is 6.04 Å². The first-order chi connectivity index (χ1) is 9.78. The molecule has 2 heteroatoms. The molecule has 0 bridgehead atoms. The Kier molecular flexibility index (Phi) is 4.02. The zero-order chi connectivity index (χ0) is 13.9. The molecule has 1 aliphatic carbocycles. The summed E-state index contributed by atoms with van der Waals surface area (Å²) in [6, 6.07) is 11.2. The smallest absolute Gasteiger partial charge is 0.0708 e. The first kappa shape index (κ1) is 13.6. The summed E-state index contributed by atoms with van der Waals surface area (Å²) in [5.74, 6) is 0.915. The minimum atomic E-state index is 0.422. The topological polar surface area (TPSA) is 24.9 Å². The Labute approximate surface area is 121 Å². The number of hydrogen-bond donors (Lipinski definition) is 1. The van der Waals surface area contributed by atoms with E-state index in [1.165, 1.54) is 42.3 Å². The van der Waals surface area contributed by atoms with E-state index in [1.807, 2.05) is 0 Å². The third-order valence-electron chi connectivity index (χ3n) is 4.21. The zero-order valence-electron chi connectivity index (χ0n) is 12.5. The van der Waals surface area contributed by atoms with Gasteiger partial charge in [0.2, 0.25) is 0 Å². The van der Waals surface area contributed by atoms with Crippen LogP contribution in [0.5, 0.6) is 0 Å². The van der Waals surface area contributed by atoms with Crippen molar-refractivity contribution in [3.63, 3.8) is 0 Å². The van der Waals surface area contributed by atoms with Crippen LogP contribution < -0.4 is 5.32 Å². The molecule has 1 saturated carbocycles. The van der Waals surface area contributed by atoms with Gasteiger partial charge in [-0.25, -0.2) is 0 Å². The van der Waals surface area contributed by atoms with Gasteiger partial charge >= 0.3 is 0 Å². The third-order valence-corrected chi connectivity index (χ3v) is 4.21. The molecule has 1 aromatic carbocycles. The highest BCUT2D eigenvalue weighted by atomic mass is 14.9. The van der Waals surface area contributed by atoms with Crippen LogP contribution >= 0.6 is 0 Å². The lowest BCUT2D eigenvalue weighted by Crippen LogP contribution is -2.23. The molecule has 0 aliphatic heterocycles. The summed E-state index contributed by atoms with van der Waals surface area (Å²) in [6.07, 6.45) is 5.21. The van der Waals surface area contributed by atoms with Crippen molar-refractivity contribution >= 4 is 10.9 Å². The summed E-state index contributed by atoms with van der Waals surface area (Å²) in [5, 5.41) is 4.96. The molecule has 1 atom stereocenters. The Hall–Kier alpha value is -1.41. The van der Waals surface area contributed by atoms with Crippen LogP contribution in [0.25, 0.3) is 10.9 Å². The van der Waals surface area contributed by atoms with Crippen molar-refractivity contribution in [2.45, 2.75) is 45.6 Å². The van der Waals surface area contributed by atoms with Crippen molar-refractivity contribution in [3.05, 3.63) is 41.6 Å². The third kappa shape index (κ3) is 3.01. The summed E-state index contributed by atoms with van der Waals surface area (Å²) >= 11 is 0. The fourth-order valence-corrected chi connectivity index (χ4v) is 2.87. The molecule has 1 N–H and O–H groups in total. The highest BCUT2D eigenvalue weighted by molar-refractivity contribution is 5.82. The van der Waals surface area contributed by atoms with E-state index in [0.717, 1.165) is 18.0 Å². The molecule has 1 heterocycles. The van der Waals surface area contributed by atoms with Crippen LogP contribution in [0.1, 0.15) is 49.9 Å². The first-order valence-corrected chi connectivity index (χ1v) is 7.87. The van der Waals surface area contributed by atoms with Crippen molar-refractivity contribution in [2.75, 3.05) is 6.54 Å². The monoisotopic (exact) mass is 268 g/mol. The fraction of sp³-hybridized carbons (Fsp3) is 0.500. The van der Waals surface area contributed by atoms with E-state index in [9.17, 15) is 0 Å². The van der Waals surface area contributed by atoms with E-state index in [4.69, 9.17) is 4.98 Å². The number of aryl methyl sites for hydroxylation is 1. The molecule has 0 spiro atoms. The van der Waals surface area contributed by atoms with Gasteiger partial charge in [-0.05, 0) is 49.9 Å². The van der Waals surface area contributed by atoms with Gasteiger partial charge in [0.1, 0.15) is 0 Å². The van der Waals surface area contributed by atoms with Gasteiger partial charge in [0.15, 0.2) is 0 Å². The standard InChI is InChI=1S/C18H24N2/c1-3-10-19-17(12-14-8-9-14)18-11-13(2)15-6-4-5-7-16(15)20-18/h4-7,11,14,17,19H,3,8-10,12H2,1-2H3. The average Bonchev–Trinajstić information content (AvgIpc) is 3.27. The molecular formula is C18H24N2. The van der Waals surface area contributed by atoms with Crippen LogP contribution in [0, 0.1) is 12.8 Å². The molecule has 106 valence electrons. The summed E-state index contributed by atoms with van der Waals surface area (Å²) in [6.45, 7) is 5.49. The molecule has 3 rings (SSSR count). The Bertz CT molecular complexity index is 587. The van der Waals surface area contributed by atoms with Crippen molar-refractivity contribution in [2.24, 2.45) is 5.92 Å². The van der Waals surface area contributed by atoms with Gasteiger partial charge in [0.05, 0.1) is 11.2 Å². The second kappa shape index (κ2) is 5.92. The summed E-state index contributed by atoms with van der Waals surface area (Å²) in [4.78, 5) is 4.91. The highest BCUT2D eigenvalue weighted by Gasteiger charge is 2.26. The first-order valence-electron chi connectivity index (χ1n) is 7.87. The molecule has 20 heavy (non-hydrogen) atoms. The van der Waals surface area contributed by atoms with Crippen LogP contribution in [0.4, 0.5) is 0 Å². The van der Waals surface area contributed by atoms with Crippen molar-refractivity contribution < 1.29 is 0 Å². The largest absolute Gasteiger partial charge is 0.309 e. The SMILES string of the molecule is CCCNC(CC1CC1)c1cc(C)c2ccccc2n1. The second-order valence-corrected chi connectivity index (χ2v) is 6.07. The van der Waals surface area contributed by atoms with Crippen LogP contribution in [0.2, 0.25) is 0 Å². The Balaban J connectivity index is 1.92. The minimum absolute atomic E-state index is 0.422. The lowest BCUT2D eigenvalue weighted by atomic mass is 10.0. The maximum absolute atomic E-state index is 4.91. The number of nitrogens with zero attached hydrogens (tertiary/aromatic N) is 1. The molecule has 1 fully saturated rings. The molecule has 1 unspecified atom stereocenters. The van der Waals surface area contributed by atoms with Crippen molar-refractivity contribution in [3.8, 4) is 0 Å². The van der Waals surface area contributed by atoms with Gasteiger partial charge in [-0.3, -0.25) is 4.98 Å². The molecule has 0 saturated heterocycles. The summed E-state index contributed by atoms with van der Waals surface area (Å²) < 4.78 is 0. The fourth-order valence-electron chi connectivity index (χ4n) is 2.87. The second-order valence-electron chi connectivity index (χ2n) is 6.07. The van der Waals surface area contributed by atoms with Gasteiger partial charge in [-0.2, -0.15) is 0 Å². The Morgan fingerprint density at radius 2 is 2.10 bits per heavy atom. The molecule has 1 aliphatic rings. The number of aromatic nitrogens is 1. The van der Waals surface area contributed by atoms with E-state index < -0.39 is 0 Å². The van der Waals surface area contributed by atoms with Crippen molar-refractivity contribution in [1.29, 1.82) is 0 Å². The van der Waals surface area contributed by atoms with Gasteiger partial charge < -0.3 is 5.32 Å². The number of nitrogens with one attached hydrogen (secondary N) is 1. The van der Waals surface area contributed by atoms with E-state index in [1.54, 1.807) is 0 Å². The van der Waals surface area contributed by atoms with E-state index >= 15 is 0 Å². The average molecular weight is 268 g/mol. The van der Waals surface area contributed by atoms with Gasteiger partial charge in [0.25, 0.3) is 0 Å². The predicted molar refractivity (Wildman–Crippen MR) is 84.9 cm³/mol. The van der Waals surface area contributed by atoms with Crippen molar-refractivity contribution in [1.82, 2.24) is 10.3 Å². The predicted octanol–water partition coefficient (Wildman–Crippen LogP) is 4.38. The van der Waals surface area contributed by atoms with Gasteiger partial charge in [0, 0.05) is 11.4 Å². The maximum Gasteiger partial charge on any atom is 0.0708 e. The normalized spacial score (nSPS) is 16.5.